The van der Waals surface area contributed by atoms with E-state index in [0.29, 0.717) is 11.4 Å². The van der Waals surface area contributed by atoms with E-state index in [2.05, 4.69) is 9.97 Å². The number of halogens is 6. The Morgan fingerprint density at radius 3 is 1.40 bits per heavy atom. The van der Waals surface area contributed by atoms with Gasteiger partial charge in [-0.05, 0) is 6.07 Å². The molecule has 0 unspecified atom stereocenters. The Balaban J connectivity index is 3.20. The summed E-state index contributed by atoms with van der Waals surface area (Å²) in [5, 5.41) is 0. The first-order valence-electron chi connectivity index (χ1n) is 3.65. The normalized spacial score (nSPS) is 11.8. The molecule has 0 spiro atoms. The van der Waals surface area contributed by atoms with Gasteiger partial charge in [-0.25, -0.2) is 9.97 Å². The second-order valence-electron chi connectivity index (χ2n) is 2.48. The summed E-state index contributed by atoms with van der Waals surface area (Å²) in [6, 6.07) is 1.50. The highest BCUT2D eigenvalue weighted by Crippen LogP contribution is 2.31. The lowest BCUT2D eigenvalue weighted by atomic mass is 10.3. The van der Waals surface area contributed by atoms with Gasteiger partial charge in [0.25, 0.3) is 0 Å². The molecule has 0 amide bonds. The van der Waals surface area contributed by atoms with E-state index in [-0.39, 0.29) is 5.82 Å². The van der Waals surface area contributed by atoms with Crippen LogP contribution < -0.4 is 0 Å². The van der Waals surface area contributed by atoms with Crippen LogP contribution in [-0.4, -0.2) is 9.97 Å². The Morgan fingerprint density at radius 2 is 1.13 bits per heavy atom. The fourth-order valence-electron chi connectivity index (χ4n) is 0.827. The average Bonchev–Trinajstić information content (AvgIpc) is 2.16. The van der Waals surface area contributed by atoms with Gasteiger partial charge in [-0.2, -0.15) is 0 Å². The third kappa shape index (κ3) is 3.95. The van der Waals surface area contributed by atoms with Crippen LogP contribution in [0.25, 0.3) is 0 Å². The fraction of sp³-hybridized carbons (Fsp3) is 0.429. The van der Waals surface area contributed by atoms with Crippen LogP contribution in [-0.2, 0) is 0 Å². The predicted molar refractivity (Wildman–Crippen MR) is 65.4 cm³/mol. The summed E-state index contributed by atoms with van der Waals surface area (Å²) >= 11 is 33.9. The Morgan fingerprint density at radius 1 is 0.733 bits per heavy atom. The largest absolute Gasteiger partial charge is 0.232 e. The van der Waals surface area contributed by atoms with Crippen LogP contribution in [0.4, 0.5) is 0 Å². The lowest BCUT2D eigenvalue weighted by Crippen LogP contribution is -2.03. The van der Waals surface area contributed by atoms with Gasteiger partial charge in [0.05, 0.1) is 11.4 Å². The van der Waals surface area contributed by atoms with Crippen molar-refractivity contribution in [3.8, 4) is 0 Å². The standard InChI is InChI=1S/C7H4Cl6N2/c8-4(9)2-1-3(5(10)11)15-7(14-2)6(12)13/h1,4-6H. The SMILES string of the molecule is ClC(Cl)c1cc(C(Cl)Cl)nc(C(Cl)Cl)n1. The molecule has 8 heteroatoms. The van der Waals surface area contributed by atoms with Crippen molar-refractivity contribution >= 4 is 69.6 Å². The van der Waals surface area contributed by atoms with Crippen LogP contribution in [0.15, 0.2) is 6.07 Å². The van der Waals surface area contributed by atoms with Gasteiger partial charge >= 0.3 is 0 Å². The molecule has 0 bridgehead atoms. The molecule has 0 aliphatic carbocycles. The summed E-state index contributed by atoms with van der Waals surface area (Å²) in [6.45, 7) is 0. The van der Waals surface area contributed by atoms with Gasteiger partial charge in [0, 0.05) is 0 Å². The van der Waals surface area contributed by atoms with E-state index in [1.165, 1.54) is 6.07 Å². The number of nitrogens with zero attached hydrogens (tertiary/aromatic N) is 2. The van der Waals surface area contributed by atoms with Crippen molar-refractivity contribution in [3.63, 3.8) is 0 Å². The molecule has 0 atom stereocenters. The highest BCUT2D eigenvalue weighted by molar-refractivity contribution is 6.45. The number of hydrogen-bond acceptors (Lipinski definition) is 2. The Labute approximate surface area is 117 Å². The van der Waals surface area contributed by atoms with E-state index in [4.69, 9.17) is 69.6 Å². The smallest absolute Gasteiger partial charge is 0.167 e. The van der Waals surface area contributed by atoms with Crippen LogP contribution >= 0.6 is 69.6 Å². The number of hydrogen-bond donors (Lipinski definition) is 0. The van der Waals surface area contributed by atoms with Gasteiger partial charge < -0.3 is 0 Å². The van der Waals surface area contributed by atoms with Crippen LogP contribution in [0.3, 0.4) is 0 Å². The zero-order valence-corrected chi connectivity index (χ0v) is 11.5. The van der Waals surface area contributed by atoms with Crippen molar-refractivity contribution in [2.45, 2.75) is 14.5 Å². The lowest BCUT2D eigenvalue weighted by molar-refractivity contribution is 0.923. The van der Waals surface area contributed by atoms with E-state index >= 15 is 0 Å². The molecule has 1 heterocycles. The molecular formula is C7H4Cl6N2. The predicted octanol–water partition coefficient (Wildman–Crippen LogP) is 4.91. The second-order valence-corrected chi connectivity index (χ2v) is 5.77. The minimum absolute atomic E-state index is 0.170. The Kier molecular flexibility index (Phi) is 5.50. The minimum atomic E-state index is -0.886. The van der Waals surface area contributed by atoms with Gasteiger partial charge in [-0.15, -0.1) is 0 Å². The van der Waals surface area contributed by atoms with E-state index in [1.54, 1.807) is 0 Å². The number of aromatic nitrogens is 2. The molecule has 0 aliphatic rings. The first-order valence-corrected chi connectivity index (χ1v) is 6.27. The van der Waals surface area contributed by atoms with Crippen molar-refractivity contribution in [1.82, 2.24) is 9.97 Å². The Hall–Kier alpha value is 0.820. The maximum absolute atomic E-state index is 5.66. The zero-order valence-electron chi connectivity index (χ0n) is 6.97. The first kappa shape index (κ1) is 13.9. The minimum Gasteiger partial charge on any atom is -0.232 e. The summed E-state index contributed by atoms with van der Waals surface area (Å²) in [7, 11) is 0. The highest BCUT2D eigenvalue weighted by Gasteiger charge is 2.17. The molecule has 2 nitrogen and oxygen atoms in total. The van der Waals surface area contributed by atoms with E-state index < -0.39 is 14.5 Å². The maximum Gasteiger partial charge on any atom is 0.167 e. The average molecular weight is 329 g/mol. The summed E-state index contributed by atoms with van der Waals surface area (Å²) in [5.74, 6) is 0.170. The van der Waals surface area contributed by atoms with Gasteiger partial charge in [0.1, 0.15) is 9.67 Å². The van der Waals surface area contributed by atoms with Crippen LogP contribution in [0.5, 0.6) is 0 Å². The molecule has 0 aliphatic heterocycles. The number of alkyl halides is 6. The molecule has 0 saturated heterocycles. The third-order valence-electron chi connectivity index (χ3n) is 1.43. The molecule has 0 aromatic carbocycles. The van der Waals surface area contributed by atoms with E-state index in [9.17, 15) is 0 Å². The highest BCUT2D eigenvalue weighted by atomic mass is 35.5. The molecule has 0 fully saturated rings. The van der Waals surface area contributed by atoms with Crippen molar-refractivity contribution in [1.29, 1.82) is 0 Å². The quantitative estimate of drug-likeness (QED) is 0.737. The number of rotatable bonds is 3. The zero-order chi connectivity index (χ0) is 11.6. The molecule has 1 aromatic rings. The Bertz CT molecular complexity index is 276. The van der Waals surface area contributed by atoms with Crippen molar-refractivity contribution in [2.75, 3.05) is 0 Å². The summed E-state index contributed by atoms with van der Waals surface area (Å²) < 4.78 is 0. The molecule has 1 aromatic heterocycles. The van der Waals surface area contributed by atoms with E-state index in [1.807, 2.05) is 0 Å². The van der Waals surface area contributed by atoms with Crippen molar-refractivity contribution in [3.05, 3.63) is 23.3 Å². The molecule has 0 N–H and O–H groups in total. The van der Waals surface area contributed by atoms with Gasteiger partial charge in [-0.3, -0.25) is 0 Å². The molecule has 0 radical (unpaired) electrons. The van der Waals surface area contributed by atoms with Crippen LogP contribution in [0.2, 0.25) is 0 Å². The molecule has 1 rings (SSSR count). The van der Waals surface area contributed by atoms with Crippen molar-refractivity contribution in [2.24, 2.45) is 0 Å². The van der Waals surface area contributed by atoms with Gasteiger partial charge in [0.15, 0.2) is 10.7 Å². The molecular weight excluding hydrogens is 325 g/mol. The first-order chi connectivity index (χ1) is 6.91. The topological polar surface area (TPSA) is 25.8 Å². The summed E-state index contributed by atoms with van der Waals surface area (Å²) in [4.78, 5) is 5.40. The monoisotopic (exact) mass is 326 g/mol. The molecule has 84 valence electrons. The van der Waals surface area contributed by atoms with Crippen LogP contribution in [0, 0.1) is 0 Å². The third-order valence-corrected chi connectivity index (χ3v) is 2.71. The fourth-order valence-corrected chi connectivity index (χ4v) is 1.47. The van der Waals surface area contributed by atoms with E-state index in [0.717, 1.165) is 0 Å². The lowest BCUT2D eigenvalue weighted by Gasteiger charge is -2.09. The maximum atomic E-state index is 5.66. The van der Waals surface area contributed by atoms with Gasteiger partial charge in [0.2, 0.25) is 0 Å². The second kappa shape index (κ2) is 5.95. The molecule has 15 heavy (non-hydrogen) atoms. The van der Waals surface area contributed by atoms with Gasteiger partial charge in [-0.1, -0.05) is 69.6 Å². The summed E-state index contributed by atoms with van der Waals surface area (Å²) in [6.07, 6.45) is 0. The summed E-state index contributed by atoms with van der Waals surface area (Å²) in [5.41, 5.74) is 0.715. The molecule has 0 saturated carbocycles. The van der Waals surface area contributed by atoms with Crippen molar-refractivity contribution < 1.29 is 0 Å². The van der Waals surface area contributed by atoms with Crippen LogP contribution in [0.1, 0.15) is 31.7 Å².